The van der Waals surface area contributed by atoms with Gasteiger partial charge in [-0.2, -0.15) is 24.0 Å². The topological polar surface area (TPSA) is 443 Å². The van der Waals surface area contributed by atoms with Gasteiger partial charge in [0, 0.05) is 96.2 Å². The van der Waals surface area contributed by atoms with Gasteiger partial charge in [0.25, 0.3) is 0 Å². The van der Waals surface area contributed by atoms with Crippen LogP contribution in [0.3, 0.4) is 0 Å². The number of aryl methyl sites for hydroxylation is 5. The molecule has 0 amide bonds. The van der Waals surface area contributed by atoms with Crippen LogP contribution in [0.2, 0.25) is 0 Å². The molecular formula is C63H64Cl4F6IN17O12Sn. The van der Waals surface area contributed by atoms with E-state index < -0.39 is 52.8 Å². The molecule has 104 heavy (non-hydrogen) atoms. The van der Waals surface area contributed by atoms with Crippen LogP contribution in [0.1, 0.15) is 65.3 Å². The van der Waals surface area contributed by atoms with E-state index in [2.05, 4.69) is 73.9 Å². The Morgan fingerprint density at radius 1 is 0.692 bits per heavy atom. The van der Waals surface area contributed by atoms with E-state index in [0.29, 0.717) is 68.6 Å². The minimum atomic E-state index is -0.918. The van der Waals surface area contributed by atoms with Crippen molar-refractivity contribution in [1.29, 1.82) is 0 Å². The summed E-state index contributed by atoms with van der Waals surface area (Å²) in [5.74, 6) is 6.33. The number of piperazine rings is 1. The van der Waals surface area contributed by atoms with Gasteiger partial charge in [0.15, 0.2) is 39.4 Å². The minimum absolute atomic E-state index is 0. The number of anilines is 3. The van der Waals surface area contributed by atoms with Gasteiger partial charge in [-0.1, -0.05) is 31.7 Å². The Balaban J connectivity index is 0.000000313. The normalized spacial score (nSPS) is 11.1. The fourth-order valence-corrected chi connectivity index (χ4v) is 9.25. The number of nitrogens with two attached hydrogens (primary N) is 3. The molecule has 0 aliphatic carbocycles. The number of ketones is 1. The van der Waals surface area contributed by atoms with Gasteiger partial charge in [0.1, 0.15) is 40.6 Å². The summed E-state index contributed by atoms with van der Waals surface area (Å²) in [6.07, 6.45) is 1.68. The van der Waals surface area contributed by atoms with Crippen LogP contribution in [0.15, 0.2) is 120 Å². The third-order valence-corrected chi connectivity index (χ3v) is 14.1. The molecule has 13 aromatic rings. The Hall–Kier alpha value is -9.57. The van der Waals surface area contributed by atoms with E-state index in [1.165, 1.54) is 66.9 Å². The number of carbonyl (C=O) groups is 1. The Morgan fingerprint density at radius 3 is 1.66 bits per heavy atom. The summed E-state index contributed by atoms with van der Waals surface area (Å²) in [7, 11) is 9.87. The van der Waals surface area contributed by atoms with Gasteiger partial charge in [-0.3, -0.25) is 14.9 Å². The van der Waals surface area contributed by atoms with Crippen molar-refractivity contribution in [1.82, 2.24) is 55.3 Å². The number of nitrogens with zero attached hydrogens (tertiary/aromatic N) is 13. The number of hydrogen-bond donors (Lipinski definition) is 8. The number of nitro benzene ring substituents is 1. The number of aromatic nitrogens is 10. The summed E-state index contributed by atoms with van der Waals surface area (Å²) in [6, 6.07) is 19.3. The Bertz CT molecular complexity index is 5130. The van der Waals surface area contributed by atoms with Crippen molar-refractivity contribution in [2.75, 3.05) is 48.4 Å². The maximum absolute atomic E-state index is 14.0. The zero-order chi connectivity index (χ0) is 74.4. The molecule has 29 nitrogen and oxygen atoms in total. The second kappa shape index (κ2) is 42.3. The molecule has 14 rings (SSSR count). The molecule has 1 saturated heterocycles. The molecule has 41 heteroatoms. The van der Waals surface area contributed by atoms with E-state index in [1.54, 1.807) is 37.7 Å². The van der Waals surface area contributed by atoms with Crippen LogP contribution in [0.5, 0.6) is 11.5 Å². The Kier molecular flexibility index (Phi) is 36.0. The van der Waals surface area contributed by atoms with Gasteiger partial charge in [-0.05, 0) is 103 Å². The number of alkyl halides is 1. The monoisotopic (exact) mass is 1750 g/mol. The number of nitro groups is 1. The van der Waals surface area contributed by atoms with Crippen LogP contribution in [0, 0.1) is 84.6 Å². The standard InChI is InChI=1S/C12H14FN3O.C11H10ClN7.C8H5FN2O3.C8H7FN2O.C8H8FNO2.C8H6FNO.C8H7FO2.3ClH.HI.H3NO.H2O.Sn/c1-8-9-6-11(16-4-2-14-3-5-16)10(13)7-12(9)17-15-8;1-2-3-8-15-10-7-6-14-18(5-4-12)9(7)16-11(13)19(10)17-8;1-4-5-2-7(11(12)13)6(9)3-8(5)14-10-4;1-4-5-2-7(10)6(9)3-8(5)12-11-4;1-5(10-12)7-3-2-6(9)4-8(7)11;1-5-7-3-2-6(9)4-8(7)11-10-5;1-5(10)7-3-2-6(9)4-8(7)11;;;;;1-2;;/h6-7,14H,2-5H2,1H3;6H,4-5H2,1H3,(H2,13,16);2-3H,1H3;2-3H,10H2,1H3;2-4,11-12H,1H3;2-4H,1H3;2-4,11H,1H3;4*1H;2H,1H2;1H2;/q;;;;;;;;;;;;;+2/p-2. The molecular weight excluding hydrogens is 1690 g/mol. The molecule has 0 atom stereocenters. The molecule has 7 aromatic heterocycles. The fraction of sp³-hybridized carbons (Fsp3) is 0.206. The molecule has 8 heterocycles. The molecule has 0 unspecified atom stereocenters. The third-order valence-electron chi connectivity index (χ3n) is 13.9. The van der Waals surface area contributed by atoms with E-state index in [9.17, 15) is 41.3 Å². The second-order valence-electron chi connectivity index (χ2n) is 20.6. The van der Waals surface area contributed by atoms with Crippen LogP contribution in [-0.4, -0.2) is 143 Å². The van der Waals surface area contributed by atoms with E-state index >= 15 is 0 Å². The predicted molar refractivity (Wildman–Crippen MR) is 393 cm³/mol. The average Bonchev–Trinajstić information content (AvgIpc) is 1.61. The second-order valence-corrected chi connectivity index (χ2v) is 25.2. The number of nitrogens with one attached hydrogen (secondary N) is 1. The average molecular weight is 1750 g/mol. The van der Waals surface area contributed by atoms with Crippen molar-refractivity contribution < 1.29 is 80.3 Å². The molecule has 1 aliphatic heterocycles. The molecule has 6 aromatic carbocycles. The number of oxime groups is 1. The first-order valence-electron chi connectivity index (χ1n) is 29.0. The number of halogens is 11. The number of carbonyl (C=O) groups excluding carboxylic acids is 1. The number of nitrogen functional groups attached to an aromatic ring is 2. The summed E-state index contributed by atoms with van der Waals surface area (Å²) >= 11 is 4.90. The van der Waals surface area contributed by atoms with E-state index in [0.717, 1.165) is 95.1 Å². The van der Waals surface area contributed by atoms with Crippen molar-refractivity contribution in [3.8, 4) is 23.3 Å². The van der Waals surface area contributed by atoms with Gasteiger partial charge >= 0.3 is 42.4 Å². The number of phenols is 2. The molecule has 1 fully saturated rings. The fourth-order valence-electron chi connectivity index (χ4n) is 9.09. The van der Waals surface area contributed by atoms with Gasteiger partial charge in [0.05, 0.1) is 73.9 Å². The number of rotatable bonds is 6. The van der Waals surface area contributed by atoms with Crippen molar-refractivity contribution in [3.05, 3.63) is 182 Å². The number of fused-ring (bicyclic) bond motifs is 7. The molecule has 1 aliphatic rings. The zero-order valence-corrected chi connectivity index (χ0v) is 63.7. The first kappa shape index (κ1) is 88.6. The first-order chi connectivity index (χ1) is 48.2. The van der Waals surface area contributed by atoms with Crippen LogP contribution in [-0.2, 0) is 6.54 Å². The number of Topliss-reactive ketones (excluding diaryl/α,β-unsaturated/α-hetero) is 1. The van der Waals surface area contributed by atoms with Crippen LogP contribution >= 0.6 is 65.8 Å². The van der Waals surface area contributed by atoms with Gasteiger partial charge < -0.3 is 65.9 Å². The predicted octanol–water partition coefficient (Wildman–Crippen LogP) is 12.7. The van der Waals surface area contributed by atoms with E-state index in [-0.39, 0.29) is 99.3 Å². The van der Waals surface area contributed by atoms with Crippen molar-refractivity contribution in [2.24, 2.45) is 11.1 Å². The SMILES string of the molecule is CC#Cc1nc2c3cnn(CCCl)c3nc(N)n2n1.CC(=NO)c1ccc(F)cc1O.CC(=O)c1ccc(F)cc1O.Cc1noc2cc(F)c(N)cc12.Cc1noc2cc(F)c(N3CCNCC3)cc12.Cc1noc2cc(F)c([N+](=O)[O-])cc12.Cc1noc2cc(F)ccc12.Cl.I.NO.O.[Cl][Sn][Cl]. The van der Waals surface area contributed by atoms with Crippen molar-refractivity contribution in [3.63, 3.8) is 0 Å². The number of hydrogen-bond acceptors (Lipinski definition) is 25. The molecule has 2 radical (unpaired) electrons. The Labute approximate surface area is 630 Å². The molecule has 13 N–H and O–H groups in total. The van der Waals surface area contributed by atoms with Gasteiger partial charge in [-0.25, -0.2) is 32.5 Å². The molecule has 554 valence electrons. The number of phenolic OH excluding ortho intramolecular Hbond substituents is 2. The summed E-state index contributed by atoms with van der Waals surface area (Å²) < 4.78 is 99.8. The molecule has 0 saturated carbocycles. The summed E-state index contributed by atoms with van der Waals surface area (Å²) in [5, 5.41) is 76.5. The quantitative estimate of drug-likeness (QED) is 0.00655. The summed E-state index contributed by atoms with van der Waals surface area (Å²) in [6.45, 7) is 15.6. The van der Waals surface area contributed by atoms with Gasteiger partial charge in [-0.15, -0.1) is 53.1 Å². The third kappa shape index (κ3) is 23.2. The maximum atomic E-state index is 14.0. The zero-order valence-electron chi connectivity index (χ0n) is 55.4. The van der Waals surface area contributed by atoms with Crippen LogP contribution < -0.4 is 27.6 Å². The molecule has 0 spiro atoms. The number of benzene rings is 6. The first-order valence-corrected chi connectivity index (χ1v) is 36.8. The van der Waals surface area contributed by atoms with E-state index in [1.807, 2.05) is 19.9 Å². The Morgan fingerprint density at radius 2 is 1.16 bits per heavy atom. The van der Waals surface area contributed by atoms with Crippen molar-refractivity contribution >= 4 is 180 Å². The van der Waals surface area contributed by atoms with Crippen LogP contribution in [0.4, 0.5) is 49.4 Å². The summed E-state index contributed by atoms with van der Waals surface area (Å²) in [5.41, 5.74) is 17.9. The number of aromatic hydroxyl groups is 2. The molecule has 0 bridgehead atoms. The van der Waals surface area contributed by atoms with Gasteiger partial charge in [0.2, 0.25) is 17.6 Å². The van der Waals surface area contributed by atoms with Crippen LogP contribution in [0.25, 0.3) is 60.6 Å². The summed E-state index contributed by atoms with van der Waals surface area (Å²) in [4.78, 5) is 31.0. The van der Waals surface area contributed by atoms with Crippen molar-refractivity contribution in [2.45, 2.75) is 55.0 Å². The van der Waals surface area contributed by atoms with E-state index in [4.69, 9.17) is 79.6 Å².